The number of hydrogen-bond acceptors (Lipinski definition) is 3. The van der Waals surface area contributed by atoms with Crippen molar-refractivity contribution < 1.29 is 14.3 Å². The fourth-order valence-electron chi connectivity index (χ4n) is 1.80. The molecular formula is C14H19N3O3. The predicted octanol–water partition coefficient (Wildman–Crippen LogP) is 2.19. The third-order valence-corrected chi connectivity index (χ3v) is 2.88. The lowest BCUT2D eigenvalue weighted by atomic mass is 10.1. The predicted molar refractivity (Wildman–Crippen MR) is 77.0 cm³/mol. The van der Waals surface area contributed by atoms with Crippen LogP contribution in [-0.4, -0.2) is 25.1 Å². The Hall–Kier alpha value is -2.24. The Morgan fingerprint density at radius 3 is 3.00 bits per heavy atom. The summed E-state index contributed by atoms with van der Waals surface area (Å²) in [5.41, 5.74) is 1.24. The molecule has 0 fully saturated rings. The number of fused-ring (bicyclic) bond motifs is 1. The Morgan fingerprint density at radius 1 is 1.45 bits per heavy atom. The van der Waals surface area contributed by atoms with Gasteiger partial charge in [-0.15, -0.1) is 0 Å². The van der Waals surface area contributed by atoms with E-state index in [9.17, 15) is 9.59 Å². The first kappa shape index (κ1) is 14.2. The van der Waals surface area contributed by atoms with Crippen molar-refractivity contribution in [3.8, 4) is 5.75 Å². The van der Waals surface area contributed by atoms with Crippen molar-refractivity contribution in [1.82, 2.24) is 5.32 Å². The largest absolute Gasteiger partial charge is 0.482 e. The van der Waals surface area contributed by atoms with Gasteiger partial charge in [-0.3, -0.25) is 4.79 Å². The minimum absolute atomic E-state index is 0.00294. The topological polar surface area (TPSA) is 79.5 Å². The molecule has 20 heavy (non-hydrogen) atoms. The molecule has 1 heterocycles. The van der Waals surface area contributed by atoms with E-state index in [0.29, 0.717) is 29.6 Å². The Kier molecular flexibility index (Phi) is 4.45. The van der Waals surface area contributed by atoms with Crippen molar-refractivity contribution in [2.24, 2.45) is 5.92 Å². The first-order chi connectivity index (χ1) is 9.54. The fraction of sp³-hybridized carbons (Fsp3) is 0.429. The summed E-state index contributed by atoms with van der Waals surface area (Å²) in [5.74, 6) is 0.935. The van der Waals surface area contributed by atoms with Gasteiger partial charge in [0.2, 0.25) is 0 Å². The van der Waals surface area contributed by atoms with Crippen molar-refractivity contribution in [3.63, 3.8) is 0 Å². The lowest BCUT2D eigenvalue weighted by molar-refractivity contribution is -0.118. The van der Waals surface area contributed by atoms with Crippen molar-refractivity contribution in [2.45, 2.75) is 20.3 Å². The quantitative estimate of drug-likeness (QED) is 0.789. The average molecular weight is 277 g/mol. The molecule has 1 aromatic rings. The zero-order valence-electron chi connectivity index (χ0n) is 11.7. The Labute approximate surface area is 117 Å². The molecular weight excluding hydrogens is 258 g/mol. The minimum atomic E-state index is -0.245. The normalized spacial score (nSPS) is 13.2. The molecule has 0 atom stereocenters. The number of hydrogen-bond donors (Lipinski definition) is 3. The van der Waals surface area contributed by atoms with Gasteiger partial charge in [-0.1, -0.05) is 13.8 Å². The van der Waals surface area contributed by atoms with E-state index < -0.39 is 0 Å². The number of ether oxygens (including phenoxy) is 1. The second kappa shape index (κ2) is 6.27. The van der Waals surface area contributed by atoms with Crippen LogP contribution in [0.25, 0.3) is 0 Å². The molecule has 0 aliphatic carbocycles. The molecule has 0 unspecified atom stereocenters. The average Bonchev–Trinajstić information content (AvgIpc) is 2.38. The summed E-state index contributed by atoms with van der Waals surface area (Å²) in [6.45, 7) is 4.85. The van der Waals surface area contributed by atoms with E-state index in [1.54, 1.807) is 18.2 Å². The first-order valence-corrected chi connectivity index (χ1v) is 6.66. The van der Waals surface area contributed by atoms with Crippen molar-refractivity contribution in [2.75, 3.05) is 23.8 Å². The molecule has 108 valence electrons. The summed E-state index contributed by atoms with van der Waals surface area (Å²) in [4.78, 5) is 22.8. The van der Waals surface area contributed by atoms with E-state index in [-0.39, 0.29) is 18.5 Å². The molecule has 0 radical (unpaired) electrons. The number of anilines is 2. The molecule has 0 aromatic heterocycles. The van der Waals surface area contributed by atoms with E-state index in [1.807, 2.05) is 0 Å². The molecule has 2 rings (SSSR count). The maximum Gasteiger partial charge on any atom is 0.319 e. The highest BCUT2D eigenvalue weighted by atomic mass is 16.5. The summed E-state index contributed by atoms with van der Waals surface area (Å²) >= 11 is 0. The molecule has 0 spiro atoms. The molecule has 0 bridgehead atoms. The second-order valence-electron chi connectivity index (χ2n) is 5.11. The molecule has 6 nitrogen and oxygen atoms in total. The molecule has 1 aliphatic heterocycles. The molecule has 3 amide bonds. The lowest BCUT2D eigenvalue weighted by Crippen LogP contribution is -2.30. The van der Waals surface area contributed by atoms with Gasteiger partial charge in [0, 0.05) is 18.3 Å². The Morgan fingerprint density at radius 2 is 2.25 bits per heavy atom. The summed E-state index contributed by atoms with van der Waals surface area (Å²) in [6.07, 6.45) is 0.937. The van der Waals surface area contributed by atoms with Crippen LogP contribution in [0.5, 0.6) is 5.75 Å². The SMILES string of the molecule is CC(C)CCNC(=O)Nc1ccc2c(c1)OCC(=O)N2. The van der Waals surface area contributed by atoms with Gasteiger partial charge in [-0.2, -0.15) is 0 Å². The number of urea groups is 1. The zero-order chi connectivity index (χ0) is 14.5. The van der Waals surface area contributed by atoms with Crippen LogP contribution in [0.1, 0.15) is 20.3 Å². The van der Waals surface area contributed by atoms with Crippen molar-refractivity contribution >= 4 is 23.3 Å². The third kappa shape index (κ3) is 3.88. The van der Waals surface area contributed by atoms with Crippen LogP contribution < -0.4 is 20.7 Å². The van der Waals surface area contributed by atoms with E-state index in [4.69, 9.17) is 4.74 Å². The second-order valence-corrected chi connectivity index (χ2v) is 5.11. The first-order valence-electron chi connectivity index (χ1n) is 6.66. The number of amides is 3. The van der Waals surface area contributed by atoms with Crippen LogP contribution in [0.15, 0.2) is 18.2 Å². The highest BCUT2D eigenvalue weighted by molar-refractivity contribution is 5.96. The van der Waals surface area contributed by atoms with Crippen LogP contribution in [0.2, 0.25) is 0 Å². The van der Waals surface area contributed by atoms with Gasteiger partial charge in [0.1, 0.15) is 5.75 Å². The Bertz CT molecular complexity index is 514. The van der Waals surface area contributed by atoms with E-state index in [0.717, 1.165) is 6.42 Å². The maximum atomic E-state index is 11.7. The number of carbonyl (C=O) groups is 2. The van der Waals surface area contributed by atoms with Crippen LogP contribution in [0.3, 0.4) is 0 Å². The molecule has 6 heteroatoms. The number of carbonyl (C=O) groups excluding carboxylic acids is 2. The van der Waals surface area contributed by atoms with Crippen molar-refractivity contribution in [1.29, 1.82) is 0 Å². The van der Waals surface area contributed by atoms with Gasteiger partial charge in [0.25, 0.3) is 5.91 Å². The number of nitrogens with one attached hydrogen (secondary N) is 3. The minimum Gasteiger partial charge on any atom is -0.482 e. The number of rotatable bonds is 4. The molecule has 1 aliphatic rings. The maximum absolute atomic E-state index is 11.7. The highest BCUT2D eigenvalue weighted by Gasteiger charge is 2.16. The van der Waals surface area contributed by atoms with Crippen LogP contribution in [-0.2, 0) is 4.79 Å². The highest BCUT2D eigenvalue weighted by Crippen LogP contribution is 2.30. The van der Waals surface area contributed by atoms with Gasteiger partial charge in [-0.25, -0.2) is 4.79 Å². The van der Waals surface area contributed by atoms with Crippen LogP contribution in [0, 0.1) is 5.92 Å². The lowest BCUT2D eigenvalue weighted by Gasteiger charge is -2.18. The molecule has 3 N–H and O–H groups in total. The van der Waals surface area contributed by atoms with Gasteiger partial charge in [0.05, 0.1) is 5.69 Å². The van der Waals surface area contributed by atoms with Gasteiger partial charge in [-0.05, 0) is 24.5 Å². The van der Waals surface area contributed by atoms with Gasteiger partial charge >= 0.3 is 6.03 Å². The van der Waals surface area contributed by atoms with Gasteiger partial charge < -0.3 is 20.7 Å². The molecule has 0 saturated heterocycles. The zero-order valence-corrected chi connectivity index (χ0v) is 11.7. The third-order valence-electron chi connectivity index (χ3n) is 2.88. The van der Waals surface area contributed by atoms with E-state index in [2.05, 4.69) is 29.8 Å². The van der Waals surface area contributed by atoms with E-state index >= 15 is 0 Å². The van der Waals surface area contributed by atoms with Crippen LogP contribution in [0.4, 0.5) is 16.2 Å². The Balaban J connectivity index is 1.90. The summed E-state index contributed by atoms with van der Waals surface area (Å²) in [6, 6.07) is 4.87. The molecule has 0 saturated carbocycles. The van der Waals surface area contributed by atoms with Crippen LogP contribution >= 0.6 is 0 Å². The summed E-state index contributed by atoms with van der Waals surface area (Å²) < 4.78 is 5.29. The van der Waals surface area contributed by atoms with E-state index in [1.165, 1.54) is 0 Å². The van der Waals surface area contributed by atoms with Crippen molar-refractivity contribution in [3.05, 3.63) is 18.2 Å². The smallest absolute Gasteiger partial charge is 0.319 e. The standard InChI is InChI=1S/C14H19N3O3/c1-9(2)5-6-15-14(19)16-10-3-4-11-12(7-10)20-8-13(18)17-11/h3-4,7,9H,5-6,8H2,1-2H3,(H,17,18)(H2,15,16,19). The fourth-order valence-corrected chi connectivity index (χ4v) is 1.80. The summed E-state index contributed by atoms with van der Waals surface area (Å²) in [5, 5.41) is 8.22. The molecule has 1 aromatic carbocycles. The number of benzene rings is 1. The van der Waals surface area contributed by atoms with Gasteiger partial charge in [0.15, 0.2) is 6.61 Å². The monoisotopic (exact) mass is 277 g/mol. The summed E-state index contributed by atoms with van der Waals surface area (Å²) in [7, 11) is 0.